The van der Waals surface area contributed by atoms with Crippen molar-refractivity contribution in [2.75, 3.05) is 11.5 Å². The second-order valence-corrected chi connectivity index (χ2v) is 11.3. The lowest BCUT2D eigenvalue weighted by Gasteiger charge is -2.13. The molecule has 0 amide bonds. The van der Waals surface area contributed by atoms with Gasteiger partial charge in [0.1, 0.15) is 5.82 Å². The molecule has 1 saturated heterocycles. The predicted molar refractivity (Wildman–Crippen MR) is 104 cm³/mol. The summed E-state index contributed by atoms with van der Waals surface area (Å²) in [7, 11) is -2.99. The summed E-state index contributed by atoms with van der Waals surface area (Å²) in [6.07, 6.45) is 2.34. The molecule has 3 heterocycles. The maximum absolute atomic E-state index is 11.8. The normalized spacial score (nSPS) is 20.7. The SMILES string of the molecule is C=CCn1c(SC(C)c2nc(C(C)(C)C)no2)nnc1C1CCS(=O)(=O)C1. The molecule has 0 N–H and O–H groups in total. The van der Waals surface area contributed by atoms with Gasteiger partial charge >= 0.3 is 0 Å². The molecule has 2 aromatic heterocycles. The Hall–Kier alpha value is -1.68. The van der Waals surface area contributed by atoms with Crippen LogP contribution in [0.4, 0.5) is 0 Å². The van der Waals surface area contributed by atoms with Crippen LogP contribution in [-0.2, 0) is 21.8 Å². The number of allylic oxidation sites excluding steroid dienone is 1. The third-order valence-corrected chi connectivity index (χ3v) is 7.23. The maximum atomic E-state index is 11.8. The molecule has 0 aliphatic carbocycles. The highest BCUT2D eigenvalue weighted by atomic mass is 32.2. The van der Waals surface area contributed by atoms with Gasteiger partial charge in [-0.2, -0.15) is 4.98 Å². The molecule has 3 rings (SSSR count). The zero-order valence-electron chi connectivity index (χ0n) is 16.0. The van der Waals surface area contributed by atoms with Crippen LogP contribution < -0.4 is 0 Å². The molecule has 0 radical (unpaired) electrons. The minimum atomic E-state index is -2.99. The molecule has 0 spiro atoms. The van der Waals surface area contributed by atoms with Gasteiger partial charge in [-0.05, 0) is 13.3 Å². The van der Waals surface area contributed by atoms with Gasteiger partial charge < -0.3 is 9.09 Å². The van der Waals surface area contributed by atoms with Crippen molar-refractivity contribution in [2.45, 2.75) is 62.4 Å². The molecule has 27 heavy (non-hydrogen) atoms. The zero-order chi connectivity index (χ0) is 19.8. The van der Waals surface area contributed by atoms with Crippen molar-refractivity contribution in [1.82, 2.24) is 24.9 Å². The van der Waals surface area contributed by atoms with E-state index in [-0.39, 0.29) is 28.1 Å². The number of rotatable bonds is 6. The minimum absolute atomic E-state index is 0.110. The highest BCUT2D eigenvalue weighted by molar-refractivity contribution is 7.99. The Labute approximate surface area is 163 Å². The Morgan fingerprint density at radius 1 is 1.41 bits per heavy atom. The van der Waals surface area contributed by atoms with Gasteiger partial charge in [0.25, 0.3) is 0 Å². The highest BCUT2D eigenvalue weighted by Gasteiger charge is 2.33. The average molecular weight is 412 g/mol. The van der Waals surface area contributed by atoms with Crippen LogP contribution in [0, 0.1) is 0 Å². The number of hydrogen-bond acceptors (Lipinski definition) is 8. The van der Waals surface area contributed by atoms with Gasteiger partial charge in [-0.25, -0.2) is 8.42 Å². The minimum Gasteiger partial charge on any atom is -0.338 e. The largest absolute Gasteiger partial charge is 0.338 e. The number of nitrogens with zero attached hydrogens (tertiary/aromatic N) is 5. The Kier molecular flexibility index (Phi) is 5.49. The van der Waals surface area contributed by atoms with Crippen LogP contribution in [-0.4, -0.2) is 44.8 Å². The first-order chi connectivity index (χ1) is 12.6. The summed E-state index contributed by atoms with van der Waals surface area (Å²) in [6, 6.07) is 0. The van der Waals surface area contributed by atoms with E-state index >= 15 is 0 Å². The summed E-state index contributed by atoms with van der Waals surface area (Å²) in [4.78, 5) is 4.50. The van der Waals surface area contributed by atoms with Gasteiger partial charge in [0.15, 0.2) is 20.8 Å². The fourth-order valence-corrected chi connectivity index (χ4v) is 5.54. The van der Waals surface area contributed by atoms with Gasteiger partial charge in [-0.15, -0.1) is 16.8 Å². The van der Waals surface area contributed by atoms with Gasteiger partial charge in [0.2, 0.25) is 5.89 Å². The van der Waals surface area contributed by atoms with E-state index in [4.69, 9.17) is 4.52 Å². The molecule has 148 valence electrons. The van der Waals surface area contributed by atoms with E-state index in [0.717, 1.165) is 0 Å². The fourth-order valence-electron chi connectivity index (χ4n) is 2.90. The smallest absolute Gasteiger partial charge is 0.239 e. The van der Waals surface area contributed by atoms with Crippen LogP contribution in [0.25, 0.3) is 0 Å². The topological polar surface area (TPSA) is 104 Å². The first-order valence-corrected chi connectivity index (χ1v) is 11.6. The predicted octanol–water partition coefficient (Wildman–Crippen LogP) is 2.90. The van der Waals surface area contributed by atoms with Crippen molar-refractivity contribution in [2.24, 2.45) is 0 Å². The number of hydrogen-bond donors (Lipinski definition) is 0. The summed E-state index contributed by atoms with van der Waals surface area (Å²) in [5.41, 5.74) is -0.184. The molecule has 10 heteroatoms. The lowest BCUT2D eigenvalue weighted by Crippen LogP contribution is -2.13. The van der Waals surface area contributed by atoms with Gasteiger partial charge in [0.05, 0.1) is 16.8 Å². The molecule has 1 aliphatic rings. The molecule has 2 aromatic rings. The fraction of sp³-hybridized carbons (Fsp3) is 0.647. The molecular weight excluding hydrogens is 386 g/mol. The van der Waals surface area contributed by atoms with E-state index in [0.29, 0.717) is 35.7 Å². The molecule has 0 bridgehead atoms. The molecule has 1 aliphatic heterocycles. The molecule has 8 nitrogen and oxygen atoms in total. The van der Waals surface area contributed by atoms with Crippen molar-refractivity contribution in [3.05, 3.63) is 30.2 Å². The van der Waals surface area contributed by atoms with Crippen LogP contribution in [0.3, 0.4) is 0 Å². The van der Waals surface area contributed by atoms with E-state index in [1.807, 2.05) is 32.3 Å². The zero-order valence-corrected chi connectivity index (χ0v) is 17.7. The van der Waals surface area contributed by atoms with Crippen molar-refractivity contribution < 1.29 is 12.9 Å². The molecule has 0 aromatic carbocycles. The summed E-state index contributed by atoms with van der Waals surface area (Å²) < 4.78 is 31.0. The van der Waals surface area contributed by atoms with Crippen LogP contribution in [0.15, 0.2) is 22.3 Å². The number of sulfone groups is 1. The third kappa shape index (κ3) is 4.43. The molecular formula is C17H25N5O3S2. The standard InChI is InChI=1S/C17H25N5O3S2/c1-6-8-22-13(12-7-9-27(23,24)10-12)19-20-16(22)26-11(2)14-18-15(21-25-14)17(3,4)5/h6,11-12H,1,7-10H2,2-5H3. The Morgan fingerprint density at radius 3 is 2.70 bits per heavy atom. The Morgan fingerprint density at radius 2 is 2.15 bits per heavy atom. The van der Waals surface area contributed by atoms with E-state index in [2.05, 4.69) is 26.9 Å². The summed E-state index contributed by atoms with van der Waals surface area (Å²) >= 11 is 1.46. The lowest BCUT2D eigenvalue weighted by molar-refractivity contribution is 0.364. The number of thioether (sulfide) groups is 1. The lowest BCUT2D eigenvalue weighted by atomic mass is 9.96. The van der Waals surface area contributed by atoms with Gasteiger partial charge in [-0.1, -0.05) is 43.8 Å². The molecule has 2 atom stereocenters. The maximum Gasteiger partial charge on any atom is 0.239 e. The number of aromatic nitrogens is 5. The van der Waals surface area contributed by atoms with E-state index < -0.39 is 9.84 Å². The average Bonchev–Trinajstić information content (AvgIpc) is 3.26. The van der Waals surface area contributed by atoms with Crippen molar-refractivity contribution in [1.29, 1.82) is 0 Å². The van der Waals surface area contributed by atoms with Crippen LogP contribution in [0.5, 0.6) is 0 Å². The van der Waals surface area contributed by atoms with E-state index in [1.54, 1.807) is 6.08 Å². The van der Waals surface area contributed by atoms with Crippen LogP contribution in [0.2, 0.25) is 0 Å². The second kappa shape index (κ2) is 7.38. The summed E-state index contributed by atoms with van der Waals surface area (Å²) in [5, 5.41) is 13.2. The second-order valence-electron chi connectivity index (χ2n) is 7.81. The quantitative estimate of drug-likeness (QED) is 0.528. The first kappa shape index (κ1) is 20.1. The van der Waals surface area contributed by atoms with Crippen molar-refractivity contribution in [3.8, 4) is 0 Å². The van der Waals surface area contributed by atoms with Gasteiger partial charge in [-0.3, -0.25) is 0 Å². The summed E-state index contributed by atoms with van der Waals surface area (Å²) in [5.74, 6) is 2.10. The van der Waals surface area contributed by atoms with Crippen molar-refractivity contribution >= 4 is 21.6 Å². The monoisotopic (exact) mass is 411 g/mol. The van der Waals surface area contributed by atoms with Gasteiger partial charge in [0, 0.05) is 17.9 Å². The Bertz CT molecular complexity index is 927. The van der Waals surface area contributed by atoms with E-state index in [1.165, 1.54) is 11.8 Å². The summed E-state index contributed by atoms with van der Waals surface area (Å²) in [6.45, 7) is 12.4. The van der Waals surface area contributed by atoms with Crippen LogP contribution in [0.1, 0.15) is 62.8 Å². The third-order valence-electron chi connectivity index (χ3n) is 4.40. The molecule has 2 unspecified atom stereocenters. The first-order valence-electron chi connectivity index (χ1n) is 8.86. The van der Waals surface area contributed by atoms with Crippen molar-refractivity contribution in [3.63, 3.8) is 0 Å². The van der Waals surface area contributed by atoms with Crippen LogP contribution >= 0.6 is 11.8 Å². The molecule has 1 fully saturated rings. The Balaban J connectivity index is 1.82. The molecule has 0 saturated carbocycles. The highest BCUT2D eigenvalue weighted by Crippen LogP contribution is 2.36. The van der Waals surface area contributed by atoms with E-state index in [9.17, 15) is 8.42 Å².